The number of hydrogen-bond acceptors (Lipinski definition) is 2. The number of rotatable bonds is 6. The number of nitrogens with zero attached hydrogens (tertiary/aromatic N) is 2. The van der Waals surface area contributed by atoms with Gasteiger partial charge < -0.3 is 9.80 Å². The van der Waals surface area contributed by atoms with Gasteiger partial charge in [-0.1, -0.05) is 48.5 Å². The maximum atomic E-state index is 2.36. The van der Waals surface area contributed by atoms with E-state index in [0.29, 0.717) is 0 Å². The first-order valence-electron chi connectivity index (χ1n) is 12.9. The molecule has 0 spiro atoms. The predicted octanol–water partition coefficient (Wildman–Crippen LogP) is 10.2. The maximum Gasteiger partial charge on any atom is 0.0485 e. The lowest BCUT2D eigenvalue weighted by atomic mass is 10.1. The van der Waals surface area contributed by atoms with Crippen LogP contribution in [0.25, 0.3) is 0 Å². The van der Waals surface area contributed by atoms with Gasteiger partial charge in [0, 0.05) is 34.1 Å². The molecule has 5 aromatic carbocycles. The number of anilines is 6. The lowest BCUT2D eigenvalue weighted by molar-refractivity contribution is 1.22. The third-order valence-corrected chi connectivity index (χ3v) is 6.60. The van der Waals surface area contributed by atoms with Crippen LogP contribution in [0.15, 0.2) is 115 Å². The van der Waals surface area contributed by atoms with Crippen molar-refractivity contribution in [2.24, 2.45) is 0 Å². The summed E-state index contributed by atoms with van der Waals surface area (Å²) in [5.74, 6) is 0. The number of aryl methyl sites for hydroxylation is 5. The highest BCUT2D eigenvalue weighted by Crippen LogP contribution is 2.41. The summed E-state index contributed by atoms with van der Waals surface area (Å²) in [6, 6.07) is 41.8. The molecule has 0 aliphatic carbocycles. The van der Waals surface area contributed by atoms with Crippen molar-refractivity contribution in [3.8, 4) is 0 Å². The fraction of sp³-hybridized carbons (Fsp3) is 0.143. The Labute approximate surface area is 221 Å². The van der Waals surface area contributed by atoms with Gasteiger partial charge in [0.15, 0.2) is 0 Å². The third kappa shape index (κ3) is 5.44. The topological polar surface area (TPSA) is 6.48 Å². The fourth-order valence-electron chi connectivity index (χ4n) is 4.96. The minimum Gasteiger partial charge on any atom is -0.310 e. The fourth-order valence-corrected chi connectivity index (χ4v) is 4.96. The van der Waals surface area contributed by atoms with Gasteiger partial charge in [-0.05, 0) is 129 Å². The summed E-state index contributed by atoms with van der Waals surface area (Å²) in [7, 11) is 0. The molecular formula is C35H34N2. The molecular weight excluding hydrogens is 448 g/mol. The molecule has 0 fully saturated rings. The van der Waals surface area contributed by atoms with Crippen molar-refractivity contribution < 1.29 is 0 Å². The molecule has 0 heterocycles. The molecule has 5 aromatic rings. The van der Waals surface area contributed by atoms with Crippen molar-refractivity contribution in [2.45, 2.75) is 34.6 Å². The molecule has 0 unspecified atom stereocenters. The van der Waals surface area contributed by atoms with Gasteiger partial charge in [-0.15, -0.1) is 0 Å². The summed E-state index contributed by atoms with van der Waals surface area (Å²) < 4.78 is 0. The molecule has 5 rings (SSSR count). The van der Waals surface area contributed by atoms with Crippen LogP contribution in [0.4, 0.5) is 34.1 Å². The summed E-state index contributed by atoms with van der Waals surface area (Å²) in [6.07, 6.45) is 0. The van der Waals surface area contributed by atoms with E-state index < -0.39 is 0 Å². The largest absolute Gasteiger partial charge is 0.310 e. The SMILES string of the molecule is Cc1cccc(N(c2cccc(C)c2)c2cc(C)cc(N(c3cccc(C)c3)c3cccc(C)c3)c2)c1. The van der Waals surface area contributed by atoms with Crippen molar-refractivity contribution in [3.63, 3.8) is 0 Å². The van der Waals surface area contributed by atoms with Gasteiger partial charge in [0.1, 0.15) is 0 Å². The van der Waals surface area contributed by atoms with Crippen molar-refractivity contribution in [1.82, 2.24) is 0 Å². The van der Waals surface area contributed by atoms with E-state index in [9.17, 15) is 0 Å². The highest BCUT2D eigenvalue weighted by molar-refractivity contribution is 5.84. The van der Waals surface area contributed by atoms with Gasteiger partial charge in [0.05, 0.1) is 0 Å². The number of benzene rings is 5. The highest BCUT2D eigenvalue weighted by atomic mass is 15.2. The first kappa shape index (κ1) is 24.4. The minimum atomic E-state index is 1.14. The van der Waals surface area contributed by atoms with Gasteiger partial charge in [0.25, 0.3) is 0 Å². The van der Waals surface area contributed by atoms with Gasteiger partial charge in [-0.3, -0.25) is 0 Å². The van der Waals surface area contributed by atoms with Crippen LogP contribution >= 0.6 is 0 Å². The first-order chi connectivity index (χ1) is 17.9. The van der Waals surface area contributed by atoms with Crippen molar-refractivity contribution >= 4 is 34.1 Å². The Bertz CT molecular complexity index is 1340. The Morgan fingerprint density at radius 1 is 0.297 bits per heavy atom. The molecule has 0 saturated carbocycles. The molecule has 0 radical (unpaired) electrons. The first-order valence-corrected chi connectivity index (χ1v) is 12.9. The monoisotopic (exact) mass is 482 g/mol. The quantitative estimate of drug-likeness (QED) is 0.237. The Kier molecular flexibility index (Phi) is 6.83. The van der Waals surface area contributed by atoms with Gasteiger partial charge >= 0.3 is 0 Å². The van der Waals surface area contributed by atoms with Crippen molar-refractivity contribution in [1.29, 1.82) is 0 Å². The molecule has 2 nitrogen and oxygen atoms in total. The second-order valence-corrected chi connectivity index (χ2v) is 10.1. The molecule has 0 saturated heterocycles. The van der Waals surface area contributed by atoms with E-state index in [2.05, 4.69) is 160 Å². The van der Waals surface area contributed by atoms with Crippen LogP contribution in [0.5, 0.6) is 0 Å². The van der Waals surface area contributed by atoms with Crippen LogP contribution in [0.3, 0.4) is 0 Å². The standard InChI is InChI=1S/C35H34N2/c1-25-10-6-14-30(18-25)36(31-15-7-11-26(2)19-31)34-22-29(5)23-35(24-34)37(32-16-8-12-27(3)20-32)33-17-9-13-28(4)21-33/h6-24H,1-5H3. The van der Waals surface area contributed by atoms with E-state index in [1.54, 1.807) is 0 Å². The second-order valence-electron chi connectivity index (χ2n) is 10.1. The summed E-state index contributed by atoms with van der Waals surface area (Å²) in [6.45, 7) is 10.8. The second kappa shape index (κ2) is 10.4. The van der Waals surface area contributed by atoms with E-state index >= 15 is 0 Å². The molecule has 0 aliphatic heterocycles. The van der Waals surface area contributed by atoms with E-state index in [1.165, 1.54) is 27.8 Å². The summed E-state index contributed by atoms with van der Waals surface area (Å²) in [5.41, 5.74) is 13.1. The normalized spacial score (nSPS) is 10.8. The van der Waals surface area contributed by atoms with Crippen LogP contribution in [-0.4, -0.2) is 0 Å². The molecule has 37 heavy (non-hydrogen) atoms. The summed E-state index contributed by atoms with van der Waals surface area (Å²) in [5, 5.41) is 0. The van der Waals surface area contributed by atoms with Crippen LogP contribution in [0, 0.1) is 34.6 Å². The Morgan fingerprint density at radius 3 is 0.838 bits per heavy atom. The molecule has 0 bridgehead atoms. The van der Waals surface area contributed by atoms with E-state index in [1.807, 2.05) is 0 Å². The van der Waals surface area contributed by atoms with Crippen LogP contribution < -0.4 is 9.80 Å². The van der Waals surface area contributed by atoms with Crippen molar-refractivity contribution in [2.75, 3.05) is 9.80 Å². The molecule has 184 valence electrons. The van der Waals surface area contributed by atoms with Crippen LogP contribution in [-0.2, 0) is 0 Å². The Morgan fingerprint density at radius 2 is 0.568 bits per heavy atom. The van der Waals surface area contributed by atoms with Gasteiger partial charge in [-0.25, -0.2) is 0 Å². The van der Waals surface area contributed by atoms with Gasteiger partial charge in [-0.2, -0.15) is 0 Å². The zero-order chi connectivity index (χ0) is 25.9. The molecule has 0 N–H and O–H groups in total. The lowest BCUT2D eigenvalue weighted by Crippen LogP contribution is -2.14. The zero-order valence-electron chi connectivity index (χ0n) is 22.4. The lowest BCUT2D eigenvalue weighted by Gasteiger charge is -2.30. The highest BCUT2D eigenvalue weighted by Gasteiger charge is 2.18. The molecule has 0 aliphatic rings. The van der Waals surface area contributed by atoms with E-state index in [-0.39, 0.29) is 0 Å². The average Bonchev–Trinajstić information content (AvgIpc) is 2.84. The predicted molar refractivity (Wildman–Crippen MR) is 159 cm³/mol. The molecule has 2 heteroatoms. The maximum absolute atomic E-state index is 2.36. The third-order valence-electron chi connectivity index (χ3n) is 6.60. The average molecular weight is 483 g/mol. The van der Waals surface area contributed by atoms with E-state index in [0.717, 1.165) is 34.1 Å². The summed E-state index contributed by atoms with van der Waals surface area (Å²) in [4.78, 5) is 4.72. The number of hydrogen-bond donors (Lipinski definition) is 0. The van der Waals surface area contributed by atoms with Gasteiger partial charge in [0.2, 0.25) is 0 Å². The Hall–Kier alpha value is -4.30. The molecule has 0 aromatic heterocycles. The van der Waals surface area contributed by atoms with Crippen LogP contribution in [0.2, 0.25) is 0 Å². The van der Waals surface area contributed by atoms with Crippen LogP contribution in [0.1, 0.15) is 27.8 Å². The molecule has 0 atom stereocenters. The zero-order valence-corrected chi connectivity index (χ0v) is 22.4. The Balaban J connectivity index is 1.73. The summed E-state index contributed by atoms with van der Waals surface area (Å²) >= 11 is 0. The van der Waals surface area contributed by atoms with Crippen molar-refractivity contribution in [3.05, 3.63) is 143 Å². The molecule has 0 amide bonds. The minimum absolute atomic E-state index is 1.14. The van der Waals surface area contributed by atoms with E-state index in [4.69, 9.17) is 0 Å². The smallest absolute Gasteiger partial charge is 0.0485 e.